The second kappa shape index (κ2) is 8.33. The predicted molar refractivity (Wildman–Crippen MR) is 120 cm³/mol. The minimum absolute atomic E-state index is 0.446. The minimum Gasteiger partial charge on any atom is -0.497 e. The number of imidazole rings is 1. The summed E-state index contributed by atoms with van der Waals surface area (Å²) in [6, 6.07) is 8.27. The van der Waals surface area contributed by atoms with Gasteiger partial charge in [-0.2, -0.15) is 0 Å². The fraction of sp³-hybridized carbons (Fsp3) is 0.381. The van der Waals surface area contributed by atoms with E-state index in [1.54, 1.807) is 14.2 Å². The number of methoxy groups -OCH3 is 2. The van der Waals surface area contributed by atoms with E-state index in [0.717, 1.165) is 43.2 Å². The molecule has 0 aliphatic heterocycles. The zero-order valence-electron chi connectivity index (χ0n) is 16.0. The van der Waals surface area contributed by atoms with Gasteiger partial charge in [0.05, 0.1) is 18.7 Å². The molecule has 0 bridgehead atoms. The van der Waals surface area contributed by atoms with E-state index in [1.807, 2.05) is 24.3 Å². The molecule has 0 atom stereocenters. The molecule has 1 aliphatic rings. The topological polar surface area (TPSA) is 47.8 Å². The predicted octanol–water partition coefficient (Wildman–Crippen LogP) is 6.29. The highest BCUT2D eigenvalue weighted by atomic mass is 79.9. The number of ether oxygens (including phenoxy) is 2. The Morgan fingerprint density at radius 2 is 1.86 bits per heavy atom. The fourth-order valence-corrected chi connectivity index (χ4v) is 5.11. The number of fused-ring (bicyclic) bond motifs is 1. The van der Waals surface area contributed by atoms with Gasteiger partial charge in [-0.25, -0.2) is 4.98 Å². The zero-order chi connectivity index (χ0) is 19.7. The summed E-state index contributed by atoms with van der Waals surface area (Å²) in [4.78, 5) is 4.97. The van der Waals surface area contributed by atoms with Crippen LogP contribution in [0, 0.1) is 0 Å². The van der Waals surface area contributed by atoms with Crippen molar-refractivity contribution in [3.05, 3.63) is 39.4 Å². The van der Waals surface area contributed by atoms with Crippen LogP contribution < -0.4 is 14.8 Å². The van der Waals surface area contributed by atoms with Gasteiger partial charge in [-0.15, -0.1) is 0 Å². The Bertz CT molecular complexity index is 997. The van der Waals surface area contributed by atoms with E-state index in [4.69, 9.17) is 14.5 Å². The molecule has 148 valence electrons. The molecule has 0 unspecified atom stereocenters. The first-order valence-corrected chi connectivity index (χ1v) is 11.1. The Morgan fingerprint density at radius 1 is 1.07 bits per heavy atom. The summed E-state index contributed by atoms with van der Waals surface area (Å²) < 4.78 is 15.1. The molecular weight excluding hydrogens is 486 g/mol. The number of hydrogen-bond donors (Lipinski definition) is 1. The number of nitrogens with zero attached hydrogens (tertiary/aromatic N) is 2. The molecule has 5 nitrogen and oxygen atoms in total. The summed E-state index contributed by atoms with van der Waals surface area (Å²) in [5.41, 5.74) is 2.63. The van der Waals surface area contributed by atoms with Gasteiger partial charge in [0.15, 0.2) is 5.65 Å². The molecule has 3 aromatic rings. The van der Waals surface area contributed by atoms with Crippen molar-refractivity contribution in [3.8, 4) is 22.8 Å². The molecule has 2 aromatic heterocycles. The van der Waals surface area contributed by atoms with Crippen LogP contribution >= 0.6 is 31.9 Å². The van der Waals surface area contributed by atoms with Crippen molar-refractivity contribution in [1.82, 2.24) is 9.38 Å². The fourth-order valence-electron chi connectivity index (χ4n) is 3.84. The Kier molecular flexibility index (Phi) is 5.83. The number of anilines is 1. The van der Waals surface area contributed by atoms with E-state index in [9.17, 15) is 0 Å². The molecule has 2 heterocycles. The summed E-state index contributed by atoms with van der Waals surface area (Å²) in [5.74, 6) is 2.53. The lowest BCUT2D eigenvalue weighted by Crippen LogP contribution is -2.23. The first-order chi connectivity index (χ1) is 13.6. The average molecular weight is 509 g/mol. The van der Waals surface area contributed by atoms with Gasteiger partial charge >= 0.3 is 0 Å². The lowest BCUT2D eigenvalue weighted by Gasteiger charge is -2.24. The molecule has 0 saturated heterocycles. The third-order valence-corrected chi connectivity index (χ3v) is 6.27. The number of rotatable bonds is 5. The summed E-state index contributed by atoms with van der Waals surface area (Å²) in [6.45, 7) is 0. The Labute approximate surface area is 181 Å². The van der Waals surface area contributed by atoms with E-state index in [-0.39, 0.29) is 0 Å². The van der Waals surface area contributed by atoms with Crippen LogP contribution in [-0.2, 0) is 0 Å². The second-order valence-electron chi connectivity index (χ2n) is 7.05. The van der Waals surface area contributed by atoms with Crippen molar-refractivity contribution in [1.29, 1.82) is 0 Å². The SMILES string of the molecule is COc1ccc(OC)c(-c2nc3c(Br)cc(Br)cn3c2NC2CCCCC2)c1. The lowest BCUT2D eigenvalue weighted by molar-refractivity contribution is 0.404. The van der Waals surface area contributed by atoms with Gasteiger partial charge in [0.2, 0.25) is 0 Å². The van der Waals surface area contributed by atoms with Crippen LogP contribution in [0.15, 0.2) is 39.4 Å². The van der Waals surface area contributed by atoms with Crippen molar-refractivity contribution in [2.75, 3.05) is 19.5 Å². The largest absolute Gasteiger partial charge is 0.497 e. The molecule has 0 amide bonds. The first-order valence-electron chi connectivity index (χ1n) is 9.46. The quantitative estimate of drug-likeness (QED) is 0.440. The van der Waals surface area contributed by atoms with Gasteiger partial charge in [0.25, 0.3) is 0 Å². The molecule has 1 aromatic carbocycles. The van der Waals surface area contributed by atoms with Crippen molar-refractivity contribution in [2.24, 2.45) is 0 Å². The van der Waals surface area contributed by atoms with Crippen LogP contribution in [0.25, 0.3) is 16.9 Å². The number of halogens is 2. The second-order valence-corrected chi connectivity index (χ2v) is 8.82. The third-order valence-electron chi connectivity index (χ3n) is 5.25. The van der Waals surface area contributed by atoms with Crippen LogP contribution in [-0.4, -0.2) is 29.6 Å². The van der Waals surface area contributed by atoms with Crippen LogP contribution in [0.5, 0.6) is 11.5 Å². The Hall–Kier alpha value is -1.73. The average Bonchev–Trinajstić information content (AvgIpc) is 3.06. The van der Waals surface area contributed by atoms with Gasteiger partial charge in [-0.1, -0.05) is 19.3 Å². The summed E-state index contributed by atoms with van der Waals surface area (Å²) in [7, 11) is 3.35. The van der Waals surface area contributed by atoms with E-state index < -0.39 is 0 Å². The van der Waals surface area contributed by atoms with Gasteiger partial charge < -0.3 is 14.8 Å². The van der Waals surface area contributed by atoms with E-state index >= 15 is 0 Å². The van der Waals surface area contributed by atoms with Gasteiger partial charge in [0.1, 0.15) is 23.0 Å². The highest BCUT2D eigenvalue weighted by molar-refractivity contribution is 9.11. The van der Waals surface area contributed by atoms with Gasteiger partial charge in [0, 0.05) is 22.3 Å². The minimum atomic E-state index is 0.446. The highest BCUT2D eigenvalue weighted by Gasteiger charge is 2.23. The Morgan fingerprint density at radius 3 is 2.57 bits per heavy atom. The zero-order valence-corrected chi connectivity index (χ0v) is 19.1. The molecule has 0 spiro atoms. The molecule has 1 aliphatic carbocycles. The molecule has 28 heavy (non-hydrogen) atoms. The lowest BCUT2D eigenvalue weighted by atomic mass is 9.95. The van der Waals surface area contributed by atoms with E-state index in [1.165, 1.54) is 32.1 Å². The number of nitrogens with one attached hydrogen (secondary N) is 1. The highest BCUT2D eigenvalue weighted by Crippen LogP contribution is 2.40. The first kappa shape index (κ1) is 19.6. The third kappa shape index (κ3) is 3.74. The molecular formula is C21H23Br2N3O2. The van der Waals surface area contributed by atoms with Crippen molar-refractivity contribution in [2.45, 2.75) is 38.1 Å². The van der Waals surface area contributed by atoms with Crippen LogP contribution in [0.2, 0.25) is 0 Å². The summed E-state index contributed by atoms with van der Waals surface area (Å²) in [6.07, 6.45) is 8.25. The molecule has 0 radical (unpaired) electrons. The molecule has 4 rings (SSSR count). The smallest absolute Gasteiger partial charge is 0.153 e. The summed E-state index contributed by atoms with van der Waals surface area (Å²) >= 11 is 7.27. The maximum Gasteiger partial charge on any atom is 0.153 e. The van der Waals surface area contributed by atoms with Crippen LogP contribution in [0.3, 0.4) is 0 Å². The van der Waals surface area contributed by atoms with Crippen LogP contribution in [0.4, 0.5) is 5.82 Å². The van der Waals surface area contributed by atoms with E-state index in [0.29, 0.717) is 6.04 Å². The number of hydrogen-bond acceptors (Lipinski definition) is 4. The van der Waals surface area contributed by atoms with Gasteiger partial charge in [-0.05, 0) is 69.0 Å². The number of benzene rings is 1. The van der Waals surface area contributed by atoms with Crippen molar-refractivity contribution >= 4 is 43.3 Å². The van der Waals surface area contributed by atoms with Gasteiger partial charge in [-0.3, -0.25) is 4.40 Å². The Balaban J connectivity index is 1.92. The normalized spacial score (nSPS) is 15.0. The maximum atomic E-state index is 5.64. The molecule has 7 heteroatoms. The van der Waals surface area contributed by atoms with Crippen molar-refractivity contribution < 1.29 is 9.47 Å². The number of pyridine rings is 1. The monoisotopic (exact) mass is 507 g/mol. The van der Waals surface area contributed by atoms with E-state index in [2.05, 4.69) is 47.8 Å². The summed E-state index contributed by atoms with van der Waals surface area (Å²) in [5, 5.41) is 3.78. The number of aromatic nitrogens is 2. The molecule has 1 fully saturated rings. The maximum absolute atomic E-state index is 5.64. The molecule has 1 saturated carbocycles. The van der Waals surface area contributed by atoms with Crippen molar-refractivity contribution in [3.63, 3.8) is 0 Å². The molecule has 1 N–H and O–H groups in total. The standard InChI is InChI=1S/C21H23Br2N3O2/c1-27-15-8-9-18(28-2)16(11-15)19-21(24-14-6-4-3-5-7-14)26-12-13(22)10-17(23)20(26)25-19/h8-12,14,24H,3-7H2,1-2H3. The van der Waals surface area contributed by atoms with Crippen LogP contribution in [0.1, 0.15) is 32.1 Å².